The molecule has 0 aliphatic rings. The monoisotopic (exact) mass is 153 g/mol. The van der Waals surface area contributed by atoms with Crippen molar-refractivity contribution in [2.45, 2.75) is 6.92 Å². The third-order valence-corrected chi connectivity index (χ3v) is 1.17. The second-order valence-electron chi connectivity index (χ2n) is 2.05. The lowest BCUT2D eigenvalue weighted by molar-refractivity contribution is -0.131. The van der Waals surface area contributed by atoms with Crippen LogP contribution in [0.1, 0.15) is 11.3 Å². The molecule has 0 atom stereocenters. The molecule has 1 aromatic heterocycles. The van der Waals surface area contributed by atoms with Gasteiger partial charge in [-0.05, 0) is 13.0 Å². The van der Waals surface area contributed by atoms with Gasteiger partial charge in [-0.2, -0.15) is 0 Å². The van der Waals surface area contributed by atoms with Gasteiger partial charge in [0.2, 0.25) is 0 Å². The van der Waals surface area contributed by atoms with E-state index in [-0.39, 0.29) is 0 Å². The van der Waals surface area contributed by atoms with Crippen molar-refractivity contribution in [2.75, 3.05) is 0 Å². The number of aliphatic carboxylic acids is 1. The van der Waals surface area contributed by atoms with Crippen molar-refractivity contribution in [1.29, 1.82) is 0 Å². The predicted octanol–water partition coefficient (Wildman–Crippen LogP) is 1.08. The number of carbonyl (C=O) groups is 1. The quantitative estimate of drug-likeness (QED) is 0.645. The highest BCUT2D eigenvalue weighted by atomic mass is 16.5. The van der Waals surface area contributed by atoms with Gasteiger partial charge in [-0.1, -0.05) is 5.16 Å². The predicted molar refractivity (Wildman–Crippen MR) is 37.9 cm³/mol. The van der Waals surface area contributed by atoms with E-state index in [1.807, 2.05) is 0 Å². The Bertz CT molecular complexity index is 288. The molecule has 0 spiro atoms. The minimum atomic E-state index is -0.993. The minimum absolute atomic E-state index is 0.549. The van der Waals surface area contributed by atoms with E-state index in [1.54, 1.807) is 6.92 Å². The Kier molecular flexibility index (Phi) is 2.06. The Morgan fingerprint density at radius 1 is 1.82 bits per heavy atom. The maximum atomic E-state index is 10.1. The van der Waals surface area contributed by atoms with E-state index in [4.69, 9.17) is 5.11 Å². The zero-order valence-corrected chi connectivity index (χ0v) is 5.94. The summed E-state index contributed by atoms with van der Waals surface area (Å²) in [5.41, 5.74) is 1.37. The number of hydrogen-bond donors (Lipinski definition) is 1. The normalized spacial score (nSPS) is 10.6. The summed E-state index contributed by atoms with van der Waals surface area (Å²) < 4.78 is 4.58. The maximum absolute atomic E-state index is 10.1. The van der Waals surface area contributed by atoms with Crippen LogP contribution in [-0.2, 0) is 4.79 Å². The molecule has 4 heteroatoms. The number of aromatic nitrogens is 1. The molecule has 0 bridgehead atoms. The molecular formula is C7H7NO3. The molecule has 1 heterocycles. The van der Waals surface area contributed by atoms with E-state index in [0.29, 0.717) is 5.69 Å². The number of aryl methyl sites for hydroxylation is 1. The van der Waals surface area contributed by atoms with Crippen LogP contribution in [0.5, 0.6) is 0 Å². The minimum Gasteiger partial charge on any atom is -0.478 e. The van der Waals surface area contributed by atoms with Crippen molar-refractivity contribution in [3.05, 3.63) is 23.6 Å². The Balaban J connectivity index is 2.79. The first-order chi connectivity index (χ1) is 5.20. The van der Waals surface area contributed by atoms with Crippen LogP contribution in [0.2, 0.25) is 0 Å². The first-order valence-corrected chi connectivity index (χ1v) is 3.02. The number of rotatable bonds is 2. The molecule has 0 amide bonds. The van der Waals surface area contributed by atoms with Crippen LogP contribution in [0.25, 0.3) is 6.08 Å². The molecule has 0 aliphatic heterocycles. The van der Waals surface area contributed by atoms with E-state index < -0.39 is 5.97 Å². The lowest BCUT2D eigenvalue weighted by Crippen LogP contribution is -1.86. The third kappa shape index (κ3) is 1.93. The van der Waals surface area contributed by atoms with Gasteiger partial charge in [-0.3, -0.25) is 0 Å². The van der Waals surface area contributed by atoms with Crippen molar-refractivity contribution < 1.29 is 14.4 Å². The van der Waals surface area contributed by atoms with E-state index in [2.05, 4.69) is 9.68 Å². The van der Waals surface area contributed by atoms with E-state index in [9.17, 15) is 4.79 Å². The van der Waals surface area contributed by atoms with Crippen LogP contribution in [0.15, 0.2) is 16.9 Å². The first-order valence-electron chi connectivity index (χ1n) is 3.02. The highest BCUT2D eigenvalue weighted by Gasteiger charge is 1.97. The fourth-order valence-corrected chi connectivity index (χ4v) is 0.607. The molecule has 1 rings (SSSR count). The number of carboxylic acids is 1. The average Bonchev–Trinajstić information content (AvgIpc) is 2.31. The topological polar surface area (TPSA) is 63.3 Å². The van der Waals surface area contributed by atoms with Crippen molar-refractivity contribution >= 4 is 12.0 Å². The Morgan fingerprint density at radius 2 is 2.55 bits per heavy atom. The van der Waals surface area contributed by atoms with Gasteiger partial charge >= 0.3 is 5.97 Å². The zero-order chi connectivity index (χ0) is 8.27. The van der Waals surface area contributed by atoms with Crippen LogP contribution < -0.4 is 0 Å². The number of hydrogen-bond acceptors (Lipinski definition) is 3. The standard InChI is InChI=1S/C7H7NO3/c1-5-4-11-8-6(5)2-3-7(9)10/h2-4H,1H3,(H,9,10)/b3-2+. The van der Waals surface area contributed by atoms with Gasteiger partial charge in [-0.15, -0.1) is 0 Å². The molecule has 0 radical (unpaired) electrons. The van der Waals surface area contributed by atoms with Gasteiger partial charge < -0.3 is 9.63 Å². The highest BCUT2D eigenvalue weighted by Crippen LogP contribution is 2.05. The lowest BCUT2D eigenvalue weighted by atomic mass is 10.2. The Labute approximate surface area is 63.1 Å². The summed E-state index contributed by atoms with van der Waals surface area (Å²) in [6.07, 6.45) is 3.87. The molecule has 0 saturated heterocycles. The third-order valence-electron chi connectivity index (χ3n) is 1.17. The smallest absolute Gasteiger partial charge is 0.328 e. The van der Waals surface area contributed by atoms with Crippen LogP contribution >= 0.6 is 0 Å². The first kappa shape index (κ1) is 7.53. The summed E-state index contributed by atoms with van der Waals surface area (Å²) in [7, 11) is 0. The lowest BCUT2D eigenvalue weighted by Gasteiger charge is -1.81. The number of carboxylic acid groups (broad SMARTS) is 1. The van der Waals surface area contributed by atoms with Crippen LogP contribution in [0, 0.1) is 6.92 Å². The summed E-state index contributed by atoms with van der Waals surface area (Å²) in [5, 5.41) is 11.8. The average molecular weight is 153 g/mol. The molecule has 58 valence electrons. The fraction of sp³-hybridized carbons (Fsp3) is 0.143. The van der Waals surface area contributed by atoms with Crippen molar-refractivity contribution in [1.82, 2.24) is 5.16 Å². The SMILES string of the molecule is Cc1conc1/C=C/C(=O)O. The second kappa shape index (κ2) is 3.01. The summed E-state index contributed by atoms with van der Waals surface area (Å²) in [6.45, 7) is 1.79. The van der Waals surface area contributed by atoms with Crippen molar-refractivity contribution in [3.8, 4) is 0 Å². The largest absolute Gasteiger partial charge is 0.478 e. The van der Waals surface area contributed by atoms with Crippen molar-refractivity contribution in [2.24, 2.45) is 0 Å². The summed E-state index contributed by atoms with van der Waals surface area (Å²) >= 11 is 0. The molecule has 0 fully saturated rings. The molecule has 4 nitrogen and oxygen atoms in total. The van der Waals surface area contributed by atoms with Gasteiger partial charge in [0.25, 0.3) is 0 Å². The molecule has 0 aromatic carbocycles. The molecule has 0 aliphatic carbocycles. The summed E-state index contributed by atoms with van der Waals surface area (Å²) in [6, 6.07) is 0. The van der Waals surface area contributed by atoms with E-state index in [1.165, 1.54) is 12.3 Å². The van der Waals surface area contributed by atoms with Crippen LogP contribution in [0.4, 0.5) is 0 Å². The van der Waals surface area contributed by atoms with E-state index in [0.717, 1.165) is 11.6 Å². The number of nitrogens with zero attached hydrogens (tertiary/aromatic N) is 1. The molecule has 1 N–H and O–H groups in total. The fourth-order valence-electron chi connectivity index (χ4n) is 0.607. The molecular weight excluding hydrogens is 146 g/mol. The van der Waals surface area contributed by atoms with Gasteiger partial charge in [0.1, 0.15) is 12.0 Å². The van der Waals surface area contributed by atoms with Gasteiger partial charge in [-0.25, -0.2) is 4.79 Å². The molecule has 0 unspecified atom stereocenters. The second-order valence-corrected chi connectivity index (χ2v) is 2.05. The zero-order valence-electron chi connectivity index (χ0n) is 5.94. The highest BCUT2D eigenvalue weighted by molar-refractivity contribution is 5.85. The molecule has 11 heavy (non-hydrogen) atoms. The van der Waals surface area contributed by atoms with Crippen LogP contribution in [-0.4, -0.2) is 16.2 Å². The summed E-state index contributed by atoms with van der Waals surface area (Å²) in [5.74, 6) is -0.993. The van der Waals surface area contributed by atoms with Gasteiger partial charge in [0.05, 0.1) is 0 Å². The Morgan fingerprint density at radius 3 is 3.00 bits per heavy atom. The van der Waals surface area contributed by atoms with E-state index >= 15 is 0 Å². The van der Waals surface area contributed by atoms with Crippen LogP contribution in [0.3, 0.4) is 0 Å². The molecule has 1 aromatic rings. The Hall–Kier alpha value is -1.58. The maximum Gasteiger partial charge on any atom is 0.328 e. The van der Waals surface area contributed by atoms with Gasteiger partial charge in [0, 0.05) is 11.6 Å². The summed E-state index contributed by atoms with van der Waals surface area (Å²) in [4.78, 5) is 10.1. The molecule has 0 saturated carbocycles. The van der Waals surface area contributed by atoms with Crippen molar-refractivity contribution in [3.63, 3.8) is 0 Å². The van der Waals surface area contributed by atoms with Gasteiger partial charge in [0.15, 0.2) is 0 Å².